The second kappa shape index (κ2) is 10.9. The fourth-order valence-electron chi connectivity index (χ4n) is 5.06. The first-order valence-electron chi connectivity index (χ1n) is 12.7. The summed E-state index contributed by atoms with van der Waals surface area (Å²) in [5, 5.41) is 4.15. The topological polar surface area (TPSA) is 52.6 Å². The lowest BCUT2D eigenvalue weighted by molar-refractivity contribution is -0.138. The Morgan fingerprint density at radius 1 is 0.892 bits per heavy atom. The van der Waals surface area contributed by atoms with Crippen molar-refractivity contribution in [3.05, 3.63) is 94.0 Å². The van der Waals surface area contributed by atoms with E-state index < -0.39 is 11.5 Å². The molecule has 1 N–H and O–H groups in total. The Bertz CT molecular complexity index is 1270. The average Bonchev–Trinajstić information content (AvgIpc) is 3.71. The van der Waals surface area contributed by atoms with E-state index in [9.17, 15) is 9.59 Å². The molecule has 0 spiro atoms. The van der Waals surface area contributed by atoms with Gasteiger partial charge in [-0.15, -0.1) is 0 Å². The standard InChI is InChI=1S/C30H31Cl2N3O2/c1-34-15-17-35(18-16-34)28(36)27(19-21-7-9-23(10-8-21)22-5-3-2-4-6-22)33-29(37)30(13-14-30)25-12-11-24(31)20-26(25)32/h2-12,20,27H,13-19H2,1H3,(H,33,37)/t27-/m0/s1. The van der Waals surface area contributed by atoms with Gasteiger partial charge < -0.3 is 15.1 Å². The van der Waals surface area contributed by atoms with Gasteiger partial charge in [-0.25, -0.2) is 0 Å². The molecule has 0 unspecified atom stereocenters. The van der Waals surface area contributed by atoms with Crippen molar-refractivity contribution in [1.82, 2.24) is 15.1 Å². The maximum absolute atomic E-state index is 13.7. The quantitative estimate of drug-likeness (QED) is 0.452. The minimum Gasteiger partial charge on any atom is -0.343 e. The second-order valence-electron chi connectivity index (χ2n) is 10.1. The van der Waals surface area contributed by atoms with Crippen LogP contribution in [0.1, 0.15) is 24.0 Å². The van der Waals surface area contributed by atoms with E-state index in [-0.39, 0.29) is 11.8 Å². The molecule has 3 aromatic carbocycles. The van der Waals surface area contributed by atoms with Crippen LogP contribution in [0.25, 0.3) is 11.1 Å². The number of benzene rings is 3. The predicted molar refractivity (Wildman–Crippen MR) is 149 cm³/mol. The molecule has 2 amide bonds. The van der Waals surface area contributed by atoms with E-state index in [0.717, 1.165) is 35.3 Å². The molecular formula is C30H31Cl2N3O2. The summed E-state index contributed by atoms with van der Waals surface area (Å²) in [6.45, 7) is 2.95. The third-order valence-electron chi connectivity index (χ3n) is 7.55. The molecule has 192 valence electrons. The molecule has 1 atom stereocenters. The third-order valence-corrected chi connectivity index (χ3v) is 8.10. The largest absolute Gasteiger partial charge is 0.343 e. The summed E-state index contributed by atoms with van der Waals surface area (Å²) in [6.07, 6.45) is 1.82. The number of nitrogens with zero attached hydrogens (tertiary/aromatic N) is 2. The highest BCUT2D eigenvalue weighted by Crippen LogP contribution is 2.51. The first-order valence-corrected chi connectivity index (χ1v) is 13.5. The minimum absolute atomic E-state index is 0.0356. The van der Waals surface area contributed by atoms with Crippen molar-refractivity contribution in [3.63, 3.8) is 0 Å². The molecule has 1 aliphatic heterocycles. The Labute approximate surface area is 228 Å². The van der Waals surface area contributed by atoms with Crippen LogP contribution in [0.5, 0.6) is 0 Å². The number of amides is 2. The lowest BCUT2D eigenvalue weighted by Gasteiger charge is -2.35. The van der Waals surface area contributed by atoms with Crippen molar-refractivity contribution >= 4 is 35.0 Å². The van der Waals surface area contributed by atoms with Crippen LogP contribution in [0, 0.1) is 0 Å². The first kappa shape index (κ1) is 25.8. The van der Waals surface area contributed by atoms with Crippen molar-refractivity contribution in [2.75, 3.05) is 33.2 Å². The van der Waals surface area contributed by atoms with Gasteiger partial charge in [0.25, 0.3) is 0 Å². The van der Waals surface area contributed by atoms with Crippen LogP contribution in [0.15, 0.2) is 72.8 Å². The molecule has 0 radical (unpaired) electrons. The summed E-state index contributed by atoms with van der Waals surface area (Å²) >= 11 is 12.6. The molecule has 2 fully saturated rings. The molecule has 1 heterocycles. The normalized spacial score (nSPS) is 17.8. The summed E-state index contributed by atoms with van der Waals surface area (Å²) < 4.78 is 0. The van der Waals surface area contributed by atoms with Crippen molar-refractivity contribution in [1.29, 1.82) is 0 Å². The molecular weight excluding hydrogens is 505 g/mol. The maximum Gasteiger partial charge on any atom is 0.245 e. The van der Waals surface area contributed by atoms with Gasteiger partial charge >= 0.3 is 0 Å². The van der Waals surface area contributed by atoms with Crippen molar-refractivity contribution in [2.24, 2.45) is 0 Å². The smallest absolute Gasteiger partial charge is 0.245 e. The number of piperazine rings is 1. The van der Waals surface area contributed by atoms with Gasteiger partial charge in [0.15, 0.2) is 0 Å². The molecule has 3 aromatic rings. The van der Waals surface area contributed by atoms with Gasteiger partial charge in [0, 0.05) is 42.6 Å². The van der Waals surface area contributed by atoms with E-state index in [2.05, 4.69) is 41.5 Å². The number of rotatable bonds is 7. The van der Waals surface area contributed by atoms with Crippen LogP contribution in [0.4, 0.5) is 0 Å². The third kappa shape index (κ3) is 5.69. The van der Waals surface area contributed by atoms with Crippen LogP contribution in [-0.4, -0.2) is 60.9 Å². The highest BCUT2D eigenvalue weighted by atomic mass is 35.5. The van der Waals surface area contributed by atoms with E-state index in [1.165, 1.54) is 0 Å². The Morgan fingerprint density at radius 2 is 1.54 bits per heavy atom. The summed E-state index contributed by atoms with van der Waals surface area (Å²) in [5.41, 5.74) is 3.32. The second-order valence-corrected chi connectivity index (χ2v) is 11.0. The van der Waals surface area contributed by atoms with E-state index in [1.807, 2.05) is 41.3 Å². The highest BCUT2D eigenvalue weighted by Gasteiger charge is 2.53. The SMILES string of the molecule is CN1CCN(C(=O)[C@H](Cc2ccc(-c3ccccc3)cc2)NC(=O)C2(c3ccc(Cl)cc3Cl)CC2)CC1. The fourth-order valence-corrected chi connectivity index (χ4v) is 5.65. The monoisotopic (exact) mass is 535 g/mol. The maximum atomic E-state index is 13.7. The highest BCUT2D eigenvalue weighted by molar-refractivity contribution is 6.35. The number of likely N-dealkylation sites (N-methyl/N-ethyl adjacent to an activating group) is 1. The van der Waals surface area contributed by atoms with Gasteiger partial charge in [-0.3, -0.25) is 9.59 Å². The van der Waals surface area contributed by atoms with Gasteiger partial charge in [-0.2, -0.15) is 0 Å². The van der Waals surface area contributed by atoms with Crippen LogP contribution >= 0.6 is 23.2 Å². The zero-order chi connectivity index (χ0) is 26.0. The Balaban J connectivity index is 1.37. The van der Waals surface area contributed by atoms with Gasteiger partial charge in [0.05, 0.1) is 5.41 Å². The number of hydrogen-bond acceptors (Lipinski definition) is 3. The van der Waals surface area contributed by atoms with E-state index >= 15 is 0 Å². The first-order chi connectivity index (χ1) is 17.9. The molecule has 7 heteroatoms. The minimum atomic E-state index is -0.709. The van der Waals surface area contributed by atoms with Crippen LogP contribution in [-0.2, 0) is 21.4 Å². The van der Waals surface area contributed by atoms with Crippen LogP contribution in [0.2, 0.25) is 10.0 Å². The number of carbonyl (C=O) groups excluding carboxylic acids is 2. The summed E-state index contributed by atoms with van der Waals surface area (Å²) in [6, 6.07) is 23.0. The Kier molecular flexibility index (Phi) is 7.57. The van der Waals surface area contributed by atoms with Crippen molar-refractivity contribution < 1.29 is 9.59 Å². The molecule has 5 rings (SSSR count). The fraction of sp³-hybridized carbons (Fsp3) is 0.333. The van der Waals surface area contributed by atoms with E-state index in [0.29, 0.717) is 42.4 Å². The summed E-state index contributed by atoms with van der Waals surface area (Å²) in [5.74, 6) is -0.184. The molecule has 2 aliphatic rings. The lowest BCUT2D eigenvalue weighted by Crippen LogP contribution is -2.56. The zero-order valence-electron chi connectivity index (χ0n) is 20.9. The summed E-state index contributed by atoms with van der Waals surface area (Å²) in [7, 11) is 2.06. The summed E-state index contributed by atoms with van der Waals surface area (Å²) in [4.78, 5) is 31.4. The van der Waals surface area contributed by atoms with Crippen molar-refractivity contribution in [3.8, 4) is 11.1 Å². The molecule has 0 bridgehead atoms. The van der Waals surface area contributed by atoms with E-state index in [1.54, 1.807) is 12.1 Å². The van der Waals surface area contributed by atoms with Gasteiger partial charge in [-0.05, 0) is 54.3 Å². The zero-order valence-corrected chi connectivity index (χ0v) is 22.4. The molecule has 0 aromatic heterocycles. The molecule has 1 saturated heterocycles. The number of hydrogen-bond donors (Lipinski definition) is 1. The Morgan fingerprint density at radius 3 is 2.16 bits per heavy atom. The molecule has 1 saturated carbocycles. The molecule has 1 aliphatic carbocycles. The van der Waals surface area contributed by atoms with E-state index in [4.69, 9.17) is 23.2 Å². The van der Waals surface area contributed by atoms with Gasteiger partial charge in [0.1, 0.15) is 6.04 Å². The predicted octanol–water partition coefficient (Wildman–Crippen LogP) is 5.19. The van der Waals surface area contributed by atoms with Crippen LogP contribution < -0.4 is 5.32 Å². The number of nitrogens with one attached hydrogen (secondary N) is 1. The van der Waals surface area contributed by atoms with Crippen LogP contribution in [0.3, 0.4) is 0 Å². The number of halogens is 2. The molecule has 37 heavy (non-hydrogen) atoms. The lowest BCUT2D eigenvalue weighted by atomic mass is 9.93. The average molecular weight is 537 g/mol. The molecule has 5 nitrogen and oxygen atoms in total. The van der Waals surface area contributed by atoms with Crippen molar-refractivity contribution in [2.45, 2.75) is 30.7 Å². The Hall–Kier alpha value is -2.86. The van der Waals surface area contributed by atoms with Gasteiger partial charge in [0.2, 0.25) is 11.8 Å². The number of carbonyl (C=O) groups is 2. The van der Waals surface area contributed by atoms with Gasteiger partial charge in [-0.1, -0.05) is 83.9 Å².